The van der Waals surface area contributed by atoms with Crippen LogP contribution in [0.2, 0.25) is 0 Å². The summed E-state index contributed by atoms with van der Waals surface area (Å²) in [5.74, 6) is -0.169. The number of rotatable bonds is 4. The number of aromatic nitrogens is 2. The van der Waals surface area contributed by atoms with Crippen LogP contribution in [0.3, 0.4) is 0 Å². The molecule has 3 rings (SSSR count). The summed E-state index contributed by atoms with van der Waals surface area (Å²) < 4.78 is 5.46. The van der Waals surface area contributed by atoms with Gasteiger partial charge in [0.25, 0.3) is 5.56 Å². The predicted molar refractivity (Wildman–Crippen MR) is 92.2 cm³/mol. The Kier molecular flexibility index (Phi) is 4.29. The number of anilines is 1. The van der Waals surface area contributed by atoms with E-state index < -0.39 is 12.1 Å². The molecule has 0 aliphatic carbocycles. The van der Waals surface area contributed by atoms with Crippen LogP contribution in [-0.2, 0) is 4.74 Å². The zero-order chi connectivity index (χ0) is 17.1. The van der Waals surface area contributed by atoms with E-state index in [9.17, 15) is 9.59 Å². The van der Waals surface area contributed by atoms with Crippen molar-refractivity contribution in [2.75, 3.05) is 12.4 Å². The predicted octanol–water partition coefficient (Wildman–Crippen LogP) is 2.88. The van der Waals surface area contributed by atoms with Crippen molar-refractivity contribution in [1.82, 2.24) is 9.97 Å². The van der Waals surface area contributed by atoms with E-state index in [1.54, 1.807) is 56.4 Å². The molecule has 24 heavy (non-hydrogen) atoms. The molecule has 1 aromatic heterocycles. The molecule has 1 heterocycles. The molecule has 0 saturated carbocycles. The monoisotopic (exact) mass is 323 g/mol. The smallest absolute Gasteiger partial charge is 0.340 e. The average Bonchev–Trinajstić information content (AvgIpc) is 2.61. The van der Waals surface area contributed by atoms with Gasteiger partial charge in [-0.15, -0.1) is 0 Å². The largest absolute Gasteiger partial charge is 0.451 e. The number of aromatic amines is 1. The molecular formula is C18H17N3O3. The summed E-state index contributed by atoms with van der Waals surface area (Å²) in [6.45, 7) is 1.67. The van der Waals surface area contributed by atoms with Crippen molar-refractivity contribution in [3.05, 3.63) is 70.3 Å². The minimum atomic E-state index is -0.681. The van der Waals surface area contributed by atoms with Gasteiger partial charge >= 0.3 is 5.97 Å². The average molecular weight is 323 g/mol. The van der Waals surface area contributed by atoms with Crippen molar-refractivity contribution in [2.45, 2.75) is 13.0 Å². The molecule has 2 aromatic carbocycles. The van der Waals surface area contributed by atoms with Gasteiger partial charge in [0.05, 0.1) is 16.5 Å². The number of ether oxygens (including phenoxy) is 1. The Balaban J connectivity index is 1.88. The van der Waals surface area contributed by atoms with Crippen molar-refractivity contribution in [3.63, 3.8) is 0 Å². The van der Waals surface area contributed by atoms with Crippen LogP contribution in [0.15, 0.2) is 53.3 Å². The summed E-state index contributed by atoms with van der Waals surface area (Å²) in [5.41, 5.74) is 1.41. The third-order valence-electron chi connectivity index (χ3n) is 3.72. The van der Waals surface area contributed by atoms with Crippen LogP contribution < -0.4 is 10.9 Å². The zero-order valence-electron chi connectivity index (χ0n) is 13.4. The van der Waals surface area contributed by atoms with Crippen LogP contribution in [0.4, 0.5) is 5.69 Å². The third-order valence-corrected chi connectivity index (χ3v) is 3.72. The zero-order valence-corrected chi connectivity index (χ0v) is 13.4. The van der Waals surface area contributed by atoms with Gasteiger partial charge in [-0.05, 0) is 31.2 Å². The maximum absolute atomic E-state index is 12.4. The highest BCUT2D eigenvalue weighted by Crippen LogP contribution is 2.20. The van der Waals surface area contributed by atoms with E-state index in [-0.39, 0.29) is 5.56 Å². The molecule has 1 unspecified atom stereocenters. The summed E-state index contributed by atoms with van der Waals surface area (Å²) in [4.78, 5) is 31.5. The lowest BCUT2D eigenvalue weighted by atomic mass is 10.2. The van der Waals surface area contributed by atoms with Crippen LogP contribution in [0.25, 0.3) is 10.9 Å². The van der Waals surface area contributed by atoms with E-state index in [0.29, 0.717) is 28.0 Å². The summed E-state index contributed by atoms with van der Waals surface area (Å²) >= 11 is 0. The van der Waals surface area contributed by atoms with Gasteiger partial charge in [-0.3, -0.25) is 4.79 Å². The molecule has 0 bridgehead atoms. The fourth-order valence-electron chi connectivity index (χ4n) is 2.46. The van der Waals surface area contributed by atoms with Gasteiger partial charge in [0, 0.05) is 12.7 Å². The number of nitrogens with one attached hydrogen (secondary N) is 2. The van der Waals surface area contributed by atoms with Crippen molar-refractivity contribution < 1.29 is 9.53 Å². The number of esters is 1. The SMILES string of the molecule is CNc1ccccc1C(=O)OC(C)c1nc2ccccc2c(=O)[nH]1. The maximum Gasteiger partial charge on any atom is 0.340 e. The Bertz CT molecular complexity index is 949. The second-order valence-electron chi connectivity index (χ2n) is 5.31. The molecule has 0 fully saturated rings. The number of H-pyrrole nitrogens is 1. The van der Waals surface area contributed by atoms with Gasteiger partial charge in [0.15, 0.2) is 11.9 Å². The molecule has 0 amide bonds. The Morgan fingerprint density at radius 3 is 2.67 bits per heavy atom. The van der Waals surface area contributed by atoms with E-state index in [4.69, 9.17) is 4.74 Å². The highest BCUT2D eigenvalue weighted by molar-refractivity contribution is 5.95. The van der Waals surface area contributed by atoms with E-state index in [2.05, 4.69) is 15.3 Å². The number of para-hydroxylation sites is 2. The first-order valence-corrected chi connectivity index (χ1v) is 7.57. The number of benzene rings is 2. The first-order chi connectivity index (χ1) is 11.6. The first kappa shape index (κ1) is 15.7. The number of carbonyl (C=O) groups excluding carboxylic acids is 1. The van der Waals surface area contributed by atoms with E-state index in [1.165, 1.54) is 0 Å². The number of hydrogen-bond donors (Lipinski definition) is 2. The maximum atomic E-state index is 12.4. The fourth-order valence-corrected chi connectivity index (χ4v) is 2.46. The van der Waals surface area contributed by atoms with Crippen LogP contribution >= 0.6 is 0 Å². The number of fused-ring (bicyclic) bond motifs is 1. The number of carbonyl (C=O) groups is 1. The second-order valence-corrected chi connectivity index (χ2v) is 5.31. The van der Waals surface area contributed by atoms with Crippen LogP contribution in [0.5, 0.6) is 0 Å². The Labute approximate surface area is 138 Å². The number of nitrogens with zero attached hydrogens (tertiary/aromatic N) is 1. The molecule has 3 aromatic rings. The van der Waals surface area contributed by atoms with Crippen molar-refractivity contribution in [3.8, 4) is 0 Å². The molecule has 2 N–H and O–H groups in total. The summed E-state index contributed by atoms with van der Waals surface area (Å²) in [5, 5.41) is 3.45. The van der Waals surface area contributed by atoms with Gasteiger partial charge < -0.3 is 15.0 Å². The highest BCUT2D eigenvalue weighted by atomic mass is 16.5. The van der Waals surface area contributed by atoms with Gasteiger partial charge in [0.2, 0.25) is 0 Å². The van der Waals surface area contributed by atoms with E-state index in [0.717, 1.165) is 0 Å². The standard InChI is InChI=1S/C18H17N3O3/c1-11(24-18(23)13-8-4-5-9-14(13)19-2)16-20-15-10-6-3-7-12(15)17(22)21-16/h3-11,19H,1-2H3,(H,20,21,22). The first-order valence-electron chi connectivity index (χ1n) is 7.57. The summed E-state index contributed by atoms with van der Waals surface area (Å²) in [6.07, 6.45) is -0.681. The summed E-state index contributed by atoms with van der Waals surface area (Å²) in [7, 11) is 1.73. The molecule has 0 saturated heterocycles. The molecule has 1 atom stereocenters. The molecule has 0 aliphatic rings. The van der Waals surface area contributed by atoms with Crippen molar-refractivity contribution in [1.29, 1.82) is 0 Å². The lowest BCUT2D eigenvalue weighted by Crippen LogP contribution is -2.18. The number of hydrogen-bond acceptors (Lipinski definition) is 5. The molecule has 0 radical (unpaired) electrons. The molecule has 0 spiro atoms. The van der Waals surface area contributed by atoms with E-state index in [1.807, 2.05) is 6.07 Å². The Morgan fingerprint density at radius 1 is 1.17 bits per heavy atom. The minimum absolute atomic E-state index is 0.255. The molecular weight excluding hydrogens is 306 g/mol. The normalized spacial score (nSPS) is 11.9. The lowest BCUT2D eigenvalue weighted by molar-refractivity contribution is 0.0321. The van der Waals surface area contributed by atoms with Gasteiger partial charge in [0.1, 0.15) is 0 Å². The second kappa shape index (κ2) is 6.54. The Hall–Kier alpha value is -3.15. The quantitative estimate of drug-likeness (QED) is 0.721. The molecule has 6 heteroatoms. The van der Waals surface area contributed by atoms with Gasteiger partial charge in [-0.2, -0.15) is 0 Å². The fraction of sp³-hybridized carbons (Fsp3) is 0.167. The third kappa shape index (κ3) is 2.99. The Morgan fingerprint density at radius 2 is 1.88 bits per heavy atom. The van der Waals surface area contributed by atoms with Gasteiger partial charge in [-0.25, -0.2) is 9.78 Å². The lowest BCUT2D eigenvalue weighted by Gasteiger charge is -2.14. The highest BCUT2D eigenvalue weighted by Gasteiger charge is 2.18. The molecule has 0 aliphatic heterocycles. The minimum Gasteiger partial charge on any atom is -0.451 e. The topological polar surface area (TPSA) is 84.1 Å². The van der Waals surface area contributed by atoms with Crippen molar-refractivity contribution >= 4 is 22.6 Å². The van der Waals surface area contributed by atoms with Crippen LogP contribution in [0.1, 0.15) is 29.2 Å². The van der Waals surface area contributed by atoms with Crippen LogP contribution in [0, 0.1) is 0 Å². The molecule has 6 nitrogen and oxygen atoms in total. The van der Waals surface area contributed by atoms with E-state index >= 15 is 0 Å². The van der Waals surface area contributed by atoms with Crippen molar-refractivity contribution in [2.24, 2.45) is 0 Å². The molecule has 122 valence electrons. The van der Waals surface area contributed by atoms with Crippen LogP contribution in [-0.4, -0.2) is 23.0 Å². The van der Waals surface area contributed by atoms with Gasteiger partial charge in [-0.1, -0.05) is 24.3 Å². The summed E-state index contributed by atoms with van der Waals surface area (Å²) in [6, 6.07) is 14.1.